The summed E-state index contributed by atoms with van der Waals surface area (Å²) in [6.07, 6.45) is 7.66. The van der Waals surface area contributed by atoms with E-state index in [1.165, 1.54) is 16.4 Å². The van der Waals surface area contributed by atoms with Gasteiger partial charge in [-0.25, -0.2) is 31.9 Å². The monoisotopic (exact) mass is 514 g/mol. The average molecular weight is 515 g/mol. The number of sulfonamides is 2. The Hall–Kier alpha value is -3.16. The summed E-state index contributed by atoms with van der Waals surface area (Å²) in [4.78, 5) is 8.88. The van der Waals surface area contributed by atoms with E-state index in [9.17, 15) is 16.8 Å². The van der Waals surface area contributed by atoms with Crippen molar-refractivity contribution in [2.45, 2.75) is 16.2 Å². The molecular weight excluding hydrogens is 488 g/mol. The molecule has 1 saturated heterocycles. The van der Waals surface area contributed by atoms with E-state index in [1.54, 1.807) is 60.9 Å². The van der Waals surface area contributed by atoms with Crippen LogP contribution in [-0.4, -0.2) is 57.3 Å². The Kier molecular flexibility index (Phi) is 7.57. The predicted octanol–water partition coefficient (Wildman–Crippen LogP) is 2.02. The molecule has 1 aliphatic heterocycles. The molecule has 4 N–H and O–H groups in total. The number of rotatable bonds is 7. The van der Waals surface area contributed by atoms with Crippen LogP contribution in [-0.2, 0) is 20.0 Å². The van der Waals surface area contributed by atoms with Crippen LogP contribution < -0.4 is 15.8 Å². The normalized spacial score (nSPS) is 15.7. The van der Waals surface area contributed by atoms with Gasteiger partial charge >= 0.3 is 0 Å². The van der Waals surface area contributed by atoms with Gasteiger partial charge in [0.1, 0.15) is 0 Å². The van der Waals surface area contributed by atoms with Gasteiger partial charge in [-0.15, -0.1) is 0 Å². The predicted molar refractivity (Wildman–Crippen MR) is 135 cm³/mol. The Morgan fingerprint density at radius 2 is 1.46 bits per heavy atom. The highest BCUT2D eigenvalue weighted by molar-refractivity contribution is 7.89. The lowest BCUT2D eigenvalue weighted by molar-refractivity contribution is 0.432. The zero-order valence-electron chi connectivity index (χ0n) is 18.8. The van der Waals surface area contributed by atoms with E-state index in [2.05, 4.69) is 20.6 Å². The van der Waals surface area contributed by atoms with Crippen LogP contribution in [0, 0.1) is 0 Å². The number of hydrogen-bond donors (Lipinski definition) is 3. The molecule has 1 aliphatic rings. The van der Waals surface area contributed by atoms with Gasteiger partial charge in [0.05, 0.1) is 9.79 Å². The molecule has 10 nitrogen and oxygen atoms in total. The molecule has 2 heterocycles. The van der Waals surface area contributed by atoms with Gasteiger partial charge in [-0.1, -0.05) is 24.3 Å². The van der Waals surface area contributed by atoms with Gasteiger partial charge in [-0.05, 0) is 54.9 Å². The first-order chi connectivity index (χ1) is 16.7. The van der Waals surface area contributed by atoms with Crippen molar-refractivity contribution in [1.82, 2.24) is 19.6 Å². The number of nitrogens with one attached hydrogen (secondary N) is 2. The molecule has 3 aromatic rings. The lowest BCUT2D eigenvalue weighted by atomic mass is 10.2. The molecule has 4 rings (SSSR count). The number of anilines is 2. The van der Waals surface area contributed by atoms with Crippen LogP contribution in [0.5, 0.6) is 0 Å². The second kappa shape index (κ2) is 10.6. The number of benzene rings is 2. The third-order valence-corrected chi connectivity index (χ3v) is 8.24. The first kappa shape index (κ1) is 24.9. The van der Waals surface area contributed by atoms with E-state index in [0.717, 1.165) is 24.1 Å². The maximum Gasteiger partial charge on any atom is 0.243 e. The molecule has 0 amide bonds. The molecule has 2 aromatic carbocycles. The van der Waals surface area contributed by atoms with E-state index in [0.29, 0.717) is 31.3 Å². The Morgan fingerprint density at radius 1 is 0.829 bits per heavy atom. The lowest BCUT2D eigenvalue weighted by Crippen LogP contribution is -2.34. The quantitative estimate of drug-likeness (QED) is 0.434. The van der Waals surface area contributed by atoms with Gasteiger partial charge < -0.3 is 10.6 Å². The Morgan fingerprint density at radius 3 is 2.11 bits per heavy atom. The van der Waals surface area contributed by atoms with Gasteiger partial charge in [-0.2, -0.15) is 4.31 Å². The van der Waals surface area contributed by atoms with Crippen molar-refractivity contribution >= 4 is 43.8 Å². The van der Waals surface area contributed by atoms with E-state index in [1.807, 2.05) is 0 Å². The average Bonchev–Trinajstić information content (AvgIpc) is 3.14. The second-order valence-corrected chi connectivity index (χ2v) is 11.4. The highest BCUT2D eigenvalue weighted by atomic mass is 32.2. The van der Waals surface area contributed by atoms with Crippen molar-refractivity contribution in [3.05, 3.63) is 72.1 Å². The summed E-state index contributed by atoms with van der Waals surface area (Å²) < 4.78 is 49.9. The molecule has 1 fully saturated rings. The summed E-state index contributed by atoms with van der Waals surface area (Å²) >= 11 is 0. The molecule has 0 spiro atoms. The van der Waals surface area contributed by atoms with E-state index in [4.69, 9.17) is 5.14 Å². The van der Waals surface area contributed by atoms with Crippen LogP contribution in [0.1, 0.15) is 17.5 Å². The zero-order valence-corrected chi connectivity index (χ0v) is 20.5. The van der Waals surface area contributed by atoms with Gasteiger partial charge in [0.25, 0.3) is 0 Å². The van der Waals surface area contributed by atoms with Crippen molar-refractivity contribution in [1.29, 1.82) is 0 Å². The van der Waals surface area contributed by atoms with Crippen LogP contribution in [0.25, 0.3) is 12.2 Å². The maximum absolute atomic E-state index is 12.9. The summed E-state index contributed by atoms with van der Waals surface area (Å²) in [7, 11) is -7.25. The highest BCUT2D eigenvalue weighted by Crippen LogP contribution is 2.21. The minimum atomic E-state index is -3.72. The molecule has 0 unspecified atom stereocenters. The Bertz CT molecular complexity index is 1380. The van der Waals surface area contributed by atoms with Crippen molar-refractivity contribution < 1.29 is 16.8 Å². The Balaban J connectivity index is 1.38. The van der Waals surface area contributed by atoms with E-state index in [-0.39, 0.29) is 9.79 Å². The minimum Gasteiger partial charge on any atom is -0.324 e. The fourth-order valence-electron chi connectivity index (χ4n) is 3.50. The molecule has 184 valence electrons. The fourth-order valence-corrected chi connectivity index (χ4v) is 5.49. The first-order valence-corrected chi connectivity index (χ1v) is 13.9. The SMILES string of the molecule is NS(=O)(=O)c1ccc(/C=C/c2cnc(Nc3ccc(S(=O)(=O)N4CCCNCC4)cc3)nc2)cc1. The minimum absolute atomic E-state index is 0.0540. The molecule has 0 saturated carbocycles. The first-order valence-electron chi connectivity index (χ1n) is 10.9. The van der Waals surface area contributed by atoms with Gasteiger partial charge in [0, 0.05) is 43.3 Å². The van der Waals surface area contributed by atoms with Crippen molar-refractivity contribution in [3.63, 3.8) is 0 Å². The molecule has 0 radical (unpaired) electrons. The maximum atomic E-state index is 12.9. The van der Waals surface area contributed by atoms with Crippen LogP contribution in [0.4, 0.5) is 11.6 Å². The topological polar surface area (TPSA) is 147 Å². The third kappa shape index (κ3) is 6.50. The summed E-state index contributed by atoms with van der Waals surface area (Å²) in [6.45, 7) is 2.42. The molecule has 35 heavy (non-hydrogen) atoms. The molecule has 0 bridgehead atoms. The van der Waals surface area contributed by atoms with Crippen LogP contribution in [0.2, 0.25) is 0 Å². The van der Waals surface area contributed by atoms with E-state index >= 15 is 0 Å². The number of primary sulfonamides is 1. The number of nitrogens with two attached hydrogens (primary N) is 1. The molecule has 1 aromatic heterocycles. The van der Waals surface area contributed by atoms with Crippen molar-refractivity contribution in [2.24, 2.45) is 5.14 Å². The molecule has 0 atom stereocenters. The lowest BCUT2D eigenvalue weighted by Gasteiger charge is -2.19. The zero-order chi connectivity index (χ0) is 24.9. The molecule has 12 heteroatoms. The summed E-state index contributed by atoms with van der Waals surface area (Å²) in [5, 5.41) is 11.4. The third-order valence-electron chi connectivity index (χ3n) is 5.40. The van der Waals surface area contributed by atoms with Crippen LogP contribution in [0.15, 0.2) is 70.7 Å². The molecular formula is C23H26N6O4S2. The number of hydrogen-bond acceptors (Lipinski definition) is 8. The molecule has 0 aliphatic carbocycles. The smallest absolute Gasteiger partial charge is 0.243 e. The standard InChI is InChI=1S/C23H26N6O4S2/c24-34(30,31)21-8-4-18(5-9-21)2-3-19-16-26-23(27-17-19)28-20-6-10-22(11-7-20)35(32,33)29-14-1-12-25-13-15-29/h2-11,16-17,25H,1,12-15H2,(H2,24,30,31)(H,26,27,28)/b3-2+. The highest BCUT2D eigenvalue weighted by Gasteiger charge is 2.24. The second-order valence-electron chi connectivity index (χ2n) is 7.94. The van der Waals surface area contributed by atoms with E-state index < -0.39 is 20.0 Å². The summed E-state index contributed by atoms with van der Waals surface area (Å²) in [5.74, 6) is 0.369. The summed E-state index contributed by atoms with van der Waals surface area (Å²) in [6, 6.07) is 12.7. The number of aromatic nitrogens is 2. The van der Waals surface area contributed by atoms with Crippen molar-refractivity contribution in [3.8, 4) is 0 Å². The van der Waals surface area contributed by atoms with Crippen LogP contribution >= 0.6 is 0 Å². The van der Waals surface area contributed by atoms with Gasteiger partial charge in [0.2, 0.25) is 26.0 Å². The number of nitrogens with zero attached hydrogens (tertiary/aromatic N) is 3. The fraction of sp³-hybridized carbons (Fsp3) is 0.217. The van der Waals surface area contributed by atoms with Gasteiger partial charge in [0.15, 0.2) is 0 Å². The Labute approximate surface area is 205 Å². The van der Waals surface area contributed by atoms with Gasteiger partial charge in [-0.3, -0.25) is 0 Å². The summed E-state index contributed by atoms with van der Waals surface area (Å²) in [5.41, 5.74) is 2.21. The van der Waals surface area contributed by atoms with Crippen LogP contribution in [0.3, 0.4) is 0 Å². The largest absolute Gasteiger partial charge is 0.324 e. The van der Waals surface area contributed by atoms with Crippen molar-refractivity contribution in [2.75, 3.05) is 31.5 Å².